The van der Waals surface area contributed by atoms with Crippen molar-refractivity contribution >= 4 is 0 Å². The van der Waals surface area contributed by atoms with Crippen molar-refractivity contribution in [1.29, 1.82) is 0 Å². The zero-order chi connectivity index (χ0) is 10.3. The van der Waals surface area contributed by atoms with Gasteiger partial charge in [0.1, 0.15) is 0 Å². The van der Waals surface area contributed by atoms with Crippen LogP contribution in [-0.2, 0) is 11.2 Å². The summed E-state index contributed by atoms with van der Waals surface area (Å²) < 4.78 is 5.92. The van der Waals surface area contributed by atoms with Gasteiger partial charge < -0.3 is 10.1 Å². The molecule has 1 aromatic rings. The molecule has 0 radical (unpaired) electrons. The van der Waals surface area contributed by atoms with Gasteiger partial charge in [0.15, 0.2) is 0 Å². The van der Waals surface area contributed by atoms with Gasteiger partial charge in [0.05, 0.1) is 12.7 Å². The third-order valence-corrected chi connectivity index (χ3v) is 3.52. The maximum absolute atomic E-state index is 5.92. The molecule has 1 N–H and O–H groups in total. The summed E-state index contributed by atoms with van der Waals surface area (Å²) in [4.78, 5) is 0. The van der Waals surface area contributed by atoms with Crippen molar-refractivity contribution in [2.45, 2.75) is 19.4 Å². The Morgan fingerprint density at radius 3 is 2.93 bits per heavy atom. The summed E-state index contributed by atoms with van der Waals surface area (Å²) in [6.45, 7) is 5.26. The van der Waals surface area contributed by atoms with Gasteiger partial charge in [-0.2, -0.15) is 0 Å². The van der Waals surface area contributed by atoms with Crippen molar-refractivity contribution in [3.8, 4) is 0 Å². The summed E-state index contributed by atoms with van der Waals surface area (Å²) in [7, 11) is 0. The van der Waals surface area contributed by atoms with Crippen LogP contribution in [0.3, 0.4) is 0 Å². The van der Waals surface area contributed by atoms with E-state index in [1.54, 1.807) is 0 Å². The van der Waals surface area contributed by atoms with Crippen molar-refractivity contribution in [1.82, 2.24) is 5.32 Å². The summed E-state index contributed by atoms with van der Waals surface area (Å²) in [6, 6.07) is 6.78. The van der Waals surface area contributed by atoms with Crippen LogP contribution in [0.1, 0.15) is 22.8 Å². The lowest BCUT2D eigenvalue weighted by atomic mass is 9.85. The maximum Gasteiger partial charge on any atom is 0.0880 e. The minimum Gasteiger partial charge on any atom is -0.373 e. The van der Waals surface area contributed by atoms with Crippen LogP contribution < -0.4 is 5.32 Å². The number of hydrogen-bond acceptors (Lipinski definition) is 2. The summed E-state index contributed by atoms with van der Waals surface area (Å²) in [6.07, 6.45) is 1.42. The van der Waals surface area contributed by atoms with E-state index in [4.69, 9.17) is 4.74 Å². The highest BCUT2D eigenvalue weighted by Crippen LogP contribution is 2.35. The van der Waals surface area contributed by atoms with Gasteiger partial charge >= 0.3 is 0 Å². The summed E-state index contributed by atoms with van der Waals surface area (Å²) >= 11 is 0. The van der Waals surface area contributed by atoms with Crippen LogP contribution in [0.5, 0.6) is 0 Å². The molecule has 1 aromatic carbocycles. The topological polar surface area (TPSA) is 21.3 Å². The van der Waals surface area contributed by atoms with Gasteiger partial charge in [0.25, 0.3) is 0 Å². The van der Waals surface area contributed by atoms with E-state index in [1.807, 2.05) is 0 Å². The highest BCUT2D eigenvalue weighted by atomic mass is 16.5. The van der Waals surface area contributed by atoms with E-state index in [-0.39, 0.29) is 0 Å². The Morgan fingerprint density at radius 1 is 1.33 bits per heavy atom. The molecule has 2 aliphatic heterocycles. The number of fused-ring (bicyclic) bond motifs is 1. The van der Waals surface area contributed by atoms with Gasteiger partial charge in [-0.15, -0.1) is 0 Å². The monoisotopic (exact) mass is 203 g/mol. The number of rotatable bonds is 1. The van der Waals surface area contributed by atoms with Crippen molar-refractivity contribution in [2.75, 3.05) is 19.7 Å². The fourth-order valence-electron chi connectivity index (χ4n) is 2.51. The molecule has 15 heavy (non-hydrogen) atoms. The first-order valence-electron chi connectivity index (χ1n) is 5.76. The second-order valence-electron chi connectivity index (χ2n) is 4.66. The van der Waals surface area contributed by atoms with Crippen LogP contribution in [0, 0.1) is 12.8 Å². The zero-order valence-corrected chi connectivity index (χ0v) is 9.12. The standard InChI is InChI=1S/C13H17NO/c1-9-2-3-10-4-5-15-13(12(10)6-9)11-7-14-8-11/h2-3,6,11,13-14H,4-5,7-8H2,1H3/t13-/m0/s1. The fraction of sp³-hybridized carbons (Fsp3) is 0.538. The van der Waals surface area contributed by atoms with E-state index in [2.05, 4.69) is 30.4 Å². The predicted molar refractivity (Wildman–Crippen MR) is 59.9 cm³/mol. The van der Waals surface area contributed by atoms with Crippen LogP contribution >= 0.6 is 0 Å². The van der Waals surface area contributed by atoms with Crippen LogP contribution in [-0.4, -0.2) is 19.7 Å². The summed E-state index contributed by atoms with van der Waals surface area (Å²) in [5.74, 6) is 0.686. The second-order valence-corrected chi connectivity index (χ2v) is 4.66. The maximum atomic E-state index is 5.92. The van der Waals surface area contributed by atoms with Gasteiger partial charge in [-0.25, -0.2) is 0 Å². The average Bonchev–Trinajstić information content (AvgIpc) is 2.16. The Kier molecular flexibility index (Phi) is 2.26. The van der Waals surface area contributed by atoms with Crippen LogP contribution in [0.25, 0.3) is 0 Å². The SMILES string of the molecule is Cc1ccc2c(c1)[C@H](C1CNC1)OCC2. The van der Waals surface area contributed by atoms with E-state index < -0.39 is 0 Å². The van der Waals surface area contributed by atoms with Crippen molar-refractivity contribution in [2.24, 2.45) is 5.92 Å². The van der Waals surface area contributed by atoms with Crippen LogP contribution in [0.2, 0.25) is 0 Å². The third-order valence-electron chi connectivity index (χ3n) is 3.52. The van der Waals surface area contributed by atoms with E-state index in [1.165, 1.54) is 16.7 Å². The van der Waals surface area contributed by atoms with Crippen LogP contribution in [0.15, 0.2) is 18.2 Å². The predicted octanol–water partition coefficient (Wildman–Crippen LogP) is 1.83. The number of ether oxygens (including phenoxy) is 1. The highest BCUT2D eigenvalue weighted by molar-refractivity contribution is 5.35. The molecule has 0 amide bonds. The molecule has 1 saturated heterocycles. The van der Waals surface area contributed by atoms with Crippen molar-refractivity contribution < 1.29 is 4.74 Å². The fourth-order valence-corrected chi connectivity index (χ4v) is 2.51. The minimum atomic E-state index is 0.342. The van der Waals surface area contributed by atoms with E-state index in [0.29, 0.717) is 12.0 Å². The lowest BCUT2D eigenvalue weighted by Gasteiger charge is -2.38. The molecule has 2 aliphatic rings. The third kappa shape index (κ3) is 1.58. The summed E-state index contributed by atoms with van der Waals surface area (Å²) in [5.41, 5.74) is 4.27. The van der Waals surface area contributed by atoms with Crippen molar-refractivity contribution in [3.63, 3.8) is 0 Å². The number of hydrogen-bond donors (Lipinski definition) is 1. The first-order valence-corrected chi connectivity index (χ1v) is 5.76. The highest BCUT2D eigenvalue weighted by Gasteiger charge is 2.32. The quantitative estimate of drug-likeness (QED) is 0.752. The molecule has 80 valence electrons. The first kappa shape index (κ1) is 9.37. The lowest BCUT2D eigenvalue weighted by Crippen LogP contribution is -2.46. The molecule has 2 nitrogen and oxygen atoms in total. The molecule has 2 heterocycles. The Balaban J connectivity index is 1.96. The smallest absolute Gasteiger partial charge is 0.0880 e. The first-order chi connectivity index (χ1) is 7.34. The molecule has 0 aromatic heterocycles. The lowest BCUT2D eigenvalue weighted by molar-refractivity contribution is -0.0151. The Labute approximate surface area is 90.6 Å². The number of aryl methyl sites for hydroxylation is 1. The zero-order valence-electron chi connectivity index (χ0n) is 9.12. The number of nitrogens with one attached hydrogen (secondary N) is 1. The minimum absolute atomic E-state index is 0.342. The molecule has 3 rings (SSSR count). The largest absolute Gasteiger partial charge is 0.373 e. The Bertz CT molecular complexity index is 371. The van der Waals surface area contributed by atoms with Gasteiger partial charge in [-0.05, 0) is 24.5 Å². The Morgan fingerprint density at radius 2 is 2.20 bits per heavy atom. The molecule has 0 aliphatic carbocycles. The van der Waals surface area contributed by atoms with E-state index >= 15 is 0 Å². The molecular formula is C13H17NO. The van der Waals surface area contributed by atoms with E-state index in [0.717, 1.165) is 26.1 Å². The normalized spacial score (nSPS) is 25.8. The van der Waals surface area contributed by atoms with E-state index in [9.17, 15) is 0 Å². The molecule has 0 spiro atoms. The molecule has 2 heteroatoms. The van der Waals surface area contributed by atoms with Crippen molar-refractivity contribution in [3.05, 3.63) is 34.9 Å². The molecule has 0 saturated carbocycles. The average molecular weight is 203 g/mol. The Hall–Kier alpha value is -0.860. The number of benzene rings is 1. The molecule has 1 fully saturated rings. The molecular weight excluding hydrogens is 186 g/mol. The van der Waals surface area contributed by atoms with Gasteiger partial charge in [-0.3, -0.25) is 0 Å². The second kappa shape index (κ2) is 3.62. The van der Waals surface area contributed by atoms with Gasteiger partial charge in [0.2, 0.25) is 0 Å². The molecule has 0 unspecified atom stereocenters. The van der Waals surface area contributed by atoms with Gasteiger partial charge in [-0.1, -0.05) is 23.8 Å². The van der Waals surface area contributed by atoms with Gasteiger partial charge in [0, 0.05) is 19.0 Å². The molecule has 1 atom stereocenters. The summed E-state index contributed by atoms with van der Waals surface area (Å²) in [5, 5.41) is 3.32. The van der Waals surface area contributed by atoms with Crippen LogP contribution in [0.4, 0.5) is 0 Å². The molecule has 0 bridgehead atoms.